The summed E-state index contributed by atoms with van der Waals surface area (Å²) in [6.07, 6.45) is 1.28. The fourth-order valence-corrected chi connectivity index (χ4v) is 1.44. The van der Waals surface area contributed by atoms with Crippen molar-refractivity contribution in [1.82, 2.24) is 0 Å². The van der Waals surface area contributed by atoms with Gasteiger partial charge in [-0.1, -0.05) is 18.2 Å². The van der Waals surface area contributed by atoms with Crippen LogP contribution in [0.15, 0.2) is 30.9 Å². The quantitative estimate of drug-likeness (QED) is 0.360. The van der Waals surface area contributed by atoms with E-state index in [9.17, 15) is 14.7 Å². The Bertz CT molecular complexity index is 514. The van der Waals surface area contributed by atoms with Crippen molar-refractivity contribution in [2.24, 2.45) is 0 Å². The molecule has 0 atom stereocenters. The molecule has 0 unspecified atom stereocenters. The van der Waals surface area contributed by atoms with E-state index in [2.05, 4.69) is 6.58 Å². The molecule has 0 amide bonds. The molecule has 1 aromatic rings. The number of unbranched alkanes of at least 4 members (excludes halogenated alkanes) is 1. The Kier molecular flexibility index (Phi) is 7.11. The molecule has 7 heteroatoms. The van der Waals surface area contributed by atoms with Gasteiger partial charge in [0.05, 0.1) is 18.2 Å². The first kappa shape index (κ1) is 16.8. The topological polar surface area (TPSA) is 82.1 Å². The molecular weight excluding hydrogens is 300 g/mol. The lowest BCUT2D eigenvalue weighted by molar-refractivity contribution is -0.137. The van der Waals surface area contributed by atoms with Crippen LogP contribution < -0.4 is 4.74 Å². The van der Waals surface area contributed by atoms with E-state index in [1.807, 2.05) is 0 Å². The molecule has 1 rings (SSSR count). The average Bonchev–Trinajstić information content (AvgIpc) is 2.46. The second-order valence-electron chi connectivity index (χ2n) is 3.89. The van der Waals surface area contributed by atoms with Gasteiger partial charge in [0, 0.05) is 12.1 Å². The Morgan fingerprint density at radius 2 is 1.90 bits per heavy atom. The number of rotatable bonds is 7. The van der Waals surface area contributed by atoms with Gasteiger partial charge in [-0.3, -0.25) is 0 Å². The van der Waals surface area contributed by atoms with E-state index >= 15 is 0 Å². The highest BCUT2D eigenvalue weighted by molar-refractivity contribution is 6.32. The van der Waals surface area contributed by atoms with Crippen LogP contribution in [-0.2, 0) is 14.3 Å². The van der Waals surface area contributed by atoms with E-state index in [1.165, 1.54) is 18.2 Å². The van der Waals surface area contributed by atoms with Crippen molar-refractivity contribution in [3.8, 4) is 11.5 Å². The standard InChI is InChI=1S/C14H15ClO6/c1-2-13(17)19-7-3-4-8-20-14(18)21-10-5-6-12(16)11(15)9-10/h2,5-6,9,16H,1,3-4,7-8H2. The minimum atomic E-state index is -0.875. The lowest BCUT2D eigenvalue weighted by Crippen LogP contribution is -2.12. The molecule has 0 radical (unpaired) electrons. The number of carbonyl (C=O) groups excluding carboxylic acids is 2. The van der Waals surface area contributed by atoms with Crippen molar-refractivity contribution in [3.05, 3.63) is 35.9 Å². The summed E-state index contributed by atoms with van der Waals surface area (Å²) >= 11 is 5.67. The fourth-order valence-electron chi connectivity index (χ4n) is 1.27. The summed E-state index contributed by atoms with van der Waals surface area (Å²) in [7, 11) is 0. The van der Waals surface area contributed by atoms with Crippen LogP contribution in [0.2, 0.25) is 5.02 Å². The number of phenolic OH excluding ortho intramolecular Hbond substituents is 1. The molecule has 0 aliphatic heterocycles. The highest BCUT2D eigenvalue weighted by Crippen LogP contribution is 2.27. The minimum Gasteiger partial charge on any atom is -0.506 e. The first-order chi connectivity index (χ1) is 10.0. The maximum atomic E-state index is 11.3. The van der Waals surface area contributed by atoms with E-state index in [0.717, 1.165) is 6.08 Å². The third-order valence-electron chi connectivity index (χ3n) is 2.29. The number of phenols is 1. The van der Waals surface area contributed by atoms with Crippen LogP contribution >= 0.6 is 11.6 Å². The lowest BCUT2D eigenvalue weighted by Gasteiger charge is -2.06. The maximum Gasteiger partial charge on any atom is 0.513 e. The fraction of sp³-hybridized carbons (Fsp3) is 0.286. The highest BCUT2D eigenvalue weighted by atomic mass is 35.5. The number of esters is 1. The summed E-state index contributed by atoms with van der Waals surface area (Å²) in [5.41, 5.74) is 0. The zero-order valence-electron chi connectivity index (χ0n) is 11.2. The summed E-state index contributed by atoms with van der Waals surface area (Å²) in [5.74, 6) is -0.422. The number of carbonyl (C=O) groups is 2. The molecular formula is C14H15ClO6. The van der Waals surface area contributed by atoms with Crippen molar-refractivity contribution in [1.29, 1.82) is 0 Å². The van der Waals surface area contributed by atoms with Crippen molar-refractivity contribution in [2.45, 2.75) is 12.8 Å². The molecule has 0 heterocycles. The SMILES string of the molecule is C=CC(=O)OCCCCOC(=O)Oc1ccc(O)c(Cl)c1. The van der Waals surface area contributed by atoms with Gasteiger partial charge in [-0.05, 0) is 25.0 Å². The number of hydrogen-bond donors (Lipinski definition) is 1. The zero-order valence-corrected chi connectivity index (χ0v) is 12.0. The van der Waals surface area contributed by atoms with Gasteiger partial charge in [0.25, 0.3) is 0 Å². The molecule has 0 aromatic heterocycles. The molecule has 0 spiro atoms. The van der Waals surface area contributed by atoms with Gasteiger partial charge in [-0.15, -0.1) is 0 Å². The predicted molar refractivity (Wildman–Crippen MR) is 75.5 cm³/mol. The predicted octanol–water partition coefficient (Wildman–Crippen LogP) is 3.07. The molecule has 114 valence electrons. The van der Waals surface area contributed by atoms with E-state index in [-0.39, 0.29) is 29.7 Å². The van der Waals surface area contributed by atoms with Crippen molar-refractivity contribution < 1.29 is 28.9 Å². The minimum absolute atomic E-state index is 0.0735. The van der Waals surface area contributed by atoms with Crippen LogP contribution in [0.4, 0.5) is 4.79 Å². The van der Waals surface area contributed by atoms with Gasteiger partial charge in [-0.25, -0.2) is 9.59 Å². The zero-order chi connectivity index (χ0) is 15.7. The third-order valence-corrected chi connectivity index (χ3v) is 2.59. The molecule has 1 N–H and O–H groups in total. The second-order valence-corrected chi connectivity index (χ2v) is 4.30. The van der Waals surface area contributed by atoms with E-state index in [0.29, 0.717) is 12.8 Å². The number of halogens is 1. The Balaban J connectivity index is 2.18. The Morgan fingerprint density at radius 3 is 2.52 bits per heavy atom. The molecule has 0 saturated carbocycles. The molecule has 21 heavy (non-hydrogen) atoms. The number of aromatic hydroxyl groups is 1. The van der Waals surface area contributed by atoms with Crippen molar-refractivity contribution >= 4 is 23.7 Å². The lowest BCUT2D eigenvalue weighted by atomic mass is 10.3. The van der Waals surface area contributed by atoms with Crippen LogP contribution in [0.1, 0.15) is 12.8 Å². The highest BCUT2D eigenvalue weighted by Gasteiger charge is 2.08. The third kappa shape index (κ3) is 6.67. The largest absolute Gasteiger partial charge is 0.513 e. The summed E-state index contributed by atoms with van der Waals surface area (Å²) in [6.45, 7) is 3.63. The Hall–Kier alpha value is -2.21. The molecule has 6 nitrogen and oxygen atoms in total. The monoisotopic (exact) mass is 314 g/mol. The van der Waals surface area contributed by atoms with Gasteiger partial charge in [-0.2, -0.15) is 0 Å². The molecule has 1 aromatic carbocycles. The van der Waals surface area contributed by atoms with E-state index in [4.69, 9.17) is 25.8 Å². The second kappa shape index (κ2) is 8.86. The Morgan fingerprint density at radius 1 is 1.24 bits per heavy atom. The van der Waals surface area contributed by atoms with Crippen LogP contribution in [0, 0.1) is 0 Å². The van der Waals surface area contributed by atoms with Crippen molar-refractivity contribution in [3.63, 3.8) is 0 Å². The first-order valence-corrected chi connectivity index (χ1v) is 6.53. The van der Waals surface area contributed by atoms with Crippen LogP contribution in [0.5, 0.6) is 11.5 Å². The first-order valence-electron chi connectivity index (χ1n) is 6.15. The van der Waals surface area contributed by atoms with Gasteiger partial charge >= 0.3 is 12.1 Å². The Labute approximate surface area is 126 Å². The van der Waals surface area contributed by atoms with Gasteiger partial charge in [0.2, 0.25) is 0 Å². The molecule has 0 saturated heterocycles. The number of hydrogen-bond acceptors (Lipinski definition) is 6. The number of benzene rings is 1. The van der Waals surface area contributed by atoms with E-state index < -0.39 is 12.1 Å². The average molecular weight is 315 g/mol. The summed E-state index contributed by atoms with van der Waals surface area (Å²) in [5, 5.41) is 9.29. The molecule has 0 bridgehead atoms. The van der Waals surface area contributed by atoms with E-state index in [1.54, 1.807) is 0 Å². The summed E-state index contributed by atoms with van der Waals surface area (Å²) in [4.78, 5) is 22.1. The summed E-state index contributed by atoms with van der Waals surface area (Å²) in [6, 6.07) is 3.99. The van der Waals surface area contributed by atoms with Gasteiger partial charge in [0.1, 0.15) is 11.5 Å². The molecule has 0 aliphatic rings. The van der Waals surface area contributed by atoms with Gasteiger partial charge in [0.15, 0.2) is 0 Å². The summed E-state index contributed by atoms with van der Waals surface area (Å²) < 4.78 is 14.4. The molecule has 0 fully saturated rings. The smallest absolute Gasteiger partial charge is 0.506 e. The van der Waals surface area contributed by atoms with Crippen LogP contribution in [0.3, 0.4) is 0 Å². The maximum absolute atomic E-state index is 11.3. The normalized spacial score (nSPS) is 9.76. The van der Waals surface area contributed by atoms with Crippen LogP contribution in [0.25, 0.3) is 0 Å². The van der Waals surface area contributed by atoms with Crippen LogP contribution in [-0.4, -0.2) is 30.4 Å². The molecule has 0 aliphatic carbocycles. The van der Waals surface area contributed by atoms with Crippen molar-refractivity contribution in [2.75, 3.05) is 13.2 Å². The number of ether oxygens (including phenoxy) is 3. The van der Waals surface area contributed by atoms with Gasteiger partial charge < -0.3 is 19.3 Å².